The van der Waals surface area contributed by atoms with Gasteiger partial charge in [-0.2, -0.15) is 4.98 Å². The van der Waals surface area contributed by atoms with Gasteiger partial charge in [0.1, 0.15) is 17.4 Å². The lowest BCUT2D eigenvalue weighted by atomic mass is 9.76. The highest BCUT2D eigenvalue weighted by Crippen LogP contribution is 2.37. The van der Waals surface area contributed by atoms with E-state index < -0.39 is 5.92 Å². The molecule has 0 aliphatic heterocycles. The molecule has 40 heavy (non-hydrogen) atoms. The van der Waals surface area contributed by atoms with Gasteiger partial charge >= 0.3 is 6.01 Å². The first-order valence-corrected chi connectivity index (χ1v) is 13.4. The van der Waals surface area contributed by atoms with Crippen molar-refractivity contribution in [1.29, 1.82) is 0 Å². The minimum Gasteiger partial charge on any atom is -0.424 e. The van der Waals surface area contributed by atoms with Crippen molar-refractivity contribution in [2.24, 2.45) is 0 Å². The van der Waals surface area contributed by atoms with Gasteiger partial charge in [0.2, 0.25) is 0 Å². The number of allylic oxidation sites excluding steroid dienone is 4. The molecule has 4 nitrogen and oxygen atoms in total. The van der Waals surface area contributed by atoms with Crippen molar-refractivity contribution in [3.05, 3.63) is 135 Å². The highest BCUT2D eigenvalue weighted by atomic mass is 19.1. The Bertz CT molecular complexity index is 1860. The predicted molar refractivity (Wildman–Crippen MR) is 149 cm³/mol. The average molecular weight is 531 g/mol. The average Bonchev–Trinajstić information content (AvgIpc) is 2.98. The van der Waals surface area contributed by atoms with E-state index in [1.54, 1.807) is 30.5 Å². The Hall–Kier alpha value is -4.71. The van der Waals surface area contributed by atoms with Gasteiger partial charge in [0.05, 0.1) is 11.6 Å². The number of ketones is 1. The molecule has 1 atom stereocenters. The number of ether oxygens (including phenoxy) is 1. The third kappa shape index (κ3) is 4.26. The van der Waals surface area contributed by atoms with Crippen LogP contribution in [-0.2, 0) is 11.2 Å². The molecular weight excluding hydrogens is 506 g/mol. The Morgan fingerprint density at radius 3 is 2.42 bits per heavy atom. The van der Waals surface area contributed by atoms with E-state index in [2.05, 4.69) is 29.3 Å². The number of hydrogen-bond donors (Lipinski definition) is 0. The summed E-state index contributed by atoms with van der Waals surface area (Å²) in [5, 5.41) is 1.84. The molecule has 7 rings (SSSR count). The van der Waals surface area contributed by atoms with Gasteiger partial charge in [-0.1, -0.05) is 42.0 Å². The Kier molecular flexibility index (Phi) is 5.96. The molecular formula is C34H24F2N2O2. The summed E-state index contributed by atoms with van der Waals surface area (Å²) in [7, 11) is 0. The minimum absolute atomic E-state index is 0.0816. The number of aromatic nitrogens is 2. The second kappa shape index (κ2) is 9.79. The molecule has 1 heterocycles. The number of rotatable bonds is 4. The van der Waals surface area contributed by atoms with E-state index in [1.165, 1.54) is 58.7 Å². The molecule has 0 fully saturated rings. The lowest BCUT2D eigenvalue weighted by Crippen LogP contribution is -2.40. The molecule has 1 unspecified atom stereocenters. The number of carbonyl (C=O) groups excluding carboxylic acids is 1. The van der Waals surface area contributed by atoms with E-state index in [1.807, 2.05) is 0 Å². The summed E-state index contributed by atoms with van der Waals surface area (Å²) in [6.07, 6.45) is 11.7. The molecule has 0 spiro atoms. The van der Waals surface area contributed by atoms with Crippen LogP contribution in [0, 0.1) is 11.6 Å². The number of halogens is 2. The fourth-order valence-corrected chi connectivity index (χ4v) is 6.06. The monoisotopic (exact) mass is 530 g/mol. The van der Waals surface area contributed by atoms with Crippen LogP contribution in [0.4, 0.5) is 8.78 Å². The smallest absolute Gasteiger partial charge is 0.322 e. The Morgan fingerprint density at radius 1 is 0.850 bits per heavy atom. The van der Waals surface area contributed by atoms with E-state index >= 15 is 0 Å². The highest BCUT2D eigenvalue weighted by Gasteiger charge is 2.31. The van der Waals surface area contributed by atoms with Crippen molar-refractivity contribution in [1.82, 2.24) is 9.97 Å². The zero-order valence-electron chi connectivity index (χ0n) is 21.5. The molecule has 1 aromatic heterocycles. The van der Waals surface area contributed by atoms with E-state index in [0.717, 1.165) is 41.7 Å². The predicted octanol–water partition coefficient (Wildman–Crippen LogP) is 5.94. The second-order valence-corrected chi connectivity index (χ2v) is 10.2. The maximum Gasteiger partial charge on any atom is 0.322 e. The molecule has 196 valence electrons. The van der Waals surface area contributed by atoms with Crippen LogP contribution in [0.3, 0.4) is 0 Å². The van der Waals surface area contributed by atoms with Gasteiger partial charge < -0.3 is 4.74 Å². The fraction of sp³-hybridized carbons (Fsp3) is 0.147. The van der Waals surface area contributed by atoms with Gasteiger partial charge in [-0.05, 0) is 107 Å². The van der Waals surface area contributed by atoms with Crippen LogP contribution in [0.5, 0.6) is 11.8 Å². The summed E-state index contributed by atoms with van der Waals surface area (Å²) >= 11 is 0. The summed E-state index contributed by atoms with van der Waals surface area (Å²) in [6, 6.07) is 17.7. The van der Waals surface area contributed by atoms with Crippen molar-refractivity contribution in [2.75, 3.05) is 0 Å². The van der Waals surface area contributed by atoms with Gasteiger partial charge in [-0.3, -0.25) is 4.79 Å². The molecule has 0 bridgehead atoms. The molecule has 0 radical (unpaired) electrons. The number of hydrogen-bond acceptors (Lipinski definition) is 4. The molecule has 3 aliphatic rings. The second-order valence-electron chi connectivity index (χ2n) is 10.2. The summed E-state index contributed by atoms with van der Waals surface area (Å²) in [4.78, 5) is 22.8. The molecule has 6 heteroatoms. The van der Waals surface area contributed by atoms with Crippen LogP contribution in [-0.4, -0.2) is 15.8 Å². The third-order valence-corrected chi connectivity index (χ3v) is 7.89. The molecule has 0 amide bonds. The molecule has 0 N–H and O–H groups in total. The van der Waals surface area contributed by atoms with Gasteiger partial charge in [-0.15, -0.1) is 0 Å². The lowest BCUT2D eigenvalue weighted by Gasteiger charge is -2.27. The van der Waals surface area contributed by atoms with Gasteiger partial charge in [0.25, 0.3) is 0 Å². The Morgan fingerprint density at radius 2 is 1.62 bits per heavy atom. The summed E-state index contributed by atoms with van der Waals surface area (Å²) in [6.45, 7) is 0. The first-order valence-electron chi connectivity index (χ1n) is 13.4. The largest absolute Gasteiger partial charge is 0.424 e. The fourth-order valence-electron chi connectivity index (χ4n) is 6.06. The Labute approximate surface area is 229 Å². The van der Waals surface area contributed by atoms with Crippen molar-refractivity contribution in [3.8, 4) is 11.8 Å². The van der Waals surface area contributed by atoms with Crippen molar-refractivity contribution < 1.29 is 18.3 Å². The molecule has 3 aliphatic carbocycles. The molecule has 0 saturated heterocycles. The topological polar surface area (TPSA) is 52.1 Å². The maximum atomic E-state index is 13.9. The third-order valence-electron chi connectivity index (χ3n) is 7.89. The molecule has 3 aromatic carbocycles. The van der Waals surface area contributed by atoms with Crippen LogP contribution in [0.2, 0.25) is 0 Å². The number of fused-ring (bicyclic) bond motifs is 4. The van der Waals surface area contributed by atoms with Crippen LogP contribution in [0.15, 0.2) is 90.7 Å². The first kappa shape index (κ1) is 24.3. The number of nitrogens with zero attached hydrogens (tertiary/aromatic N) is 2. The molecule has 0 saturated carbocycles. The SMILES string of the molecule is O=C1C=c2c3c(ccc2=C(c2ccnc(Oc4ccc(F)cc4)n2)C1c1ccc(F)cc1)C1=C(CCC=C1)CC3. The Balaban J connectivity index is 1.44. The van der Waals surface area contributed by atoms with E-state index in [0.29, 0.717) is 17.0 Å². The summed E-state index contributed by atoms with van der Waals surface area (Å²) in [5.74, 6) is -1.10. The van der Waals surface area contributed by atoms with Crippen molar-refractivity contribution >= 4 is 23.0 Å². The molecule has 4 aromatic rings. The standard InChI is InChI=1S/C34H24F2N2O2/c35-22-8-5-21(6-9-22)32-31(39)19-29-27-14-7-20-3-1-2-4-25(20)26(27)15-16-28(29)33(32)30-17-18-37-34(38-30)40-24-12-10-23(36)11-13-24/h2,4-6,8-13,15-19,32H,1,3,7,14H2. The summed E-state index contributed by atoms with van der Waals surface area (Å²) in [5.41, 5.74) is 7.05. The normalized spacial score (nSPS) is 17.6. The van der Waals surface area contributed by atoms with Gasteiger partial charge in [0.15, 0.2) is 5.78 Å². The zero-order chi connectivity index (χ0) is 27.2. The van der Waals surface area contributed by atoms with Crippen LogP contribution in [0.1, 0.15) is 47.6 Å². The quantitative estimate of drug-likeness (QED) is 0.328. The van der Waals surface area contributed by atoms with E-state index in [9.17, 15) is 13.6 Å². The lowest BCUT2D eigenvalue weighted by molar-refractivity contribution is -0.113. The van der Waals surface area contributed by atoms with Crippen molar-refractivity contribution in [3.63, 3.8) is 0 Å². The van der Waals surface area contributed by atoms with Crippen LogP contribution in [0.25, 0.3) is 17.2 Å². The minimum atomic E-state index is -0.673. The zero-order valence-corrected chi connectivity index (χ0v) is 21.5. The number of benzene rings is 3. The van der Waals surface area contributed by atoms with E-state index in [4.69, 9.17) is 9.72 Å². The van der Waals surface area contributed by atoms with Gasteiger partial charge in [0, 0.05) is 11.8 Å². The number of Topliss-reactive ketones (excluding diaryl/α,β-unsaturated/α-hetero) is 1. The van der Waals surface area contributed by atoms with Crippen molar-refractivity contribution in [2.45, 2.75) is 31.6 Å². The van der Waals surface area contributed by atoms with E-state index in [-0.39, 0.29) is 23.4 Å². The summed E-state index contributed by atoms with van der Waals surface area (Å²) < 4.78 is 33.1. The first-order chi connectivity index (χ1) is 19.5. The maximum absolute atomic E-state index is 13.9. The van der Waals surface area contributed by atoms with Gasteiger partial charge in [-0.25, -0.2) is 13.8 Å². The van der Waals surface area contributed by atoms with Crippen LogP contribution >= 0.6 is 0 Å². The number of carbonyl (C=O) groups is 1. The highest BCUT2D eigenvalue weighted by molar-refractivity contribution is 6.17. The van der Waals surface area contributed by atoms with Crippen LogP contribution < -0.4 is 15.2 Å².